The summed E-state index contributed by atoms with van der Waals surface area (Å²) in [4.78, 5) is 2.43. The maximum atomic E-state index is 6.42. The van der Waals surface area contributed by atoms with Gasteiger partial charge < -0.3 is 9.32 Å². The fourth-order valence-corrected chi connectivity index (χ4v) is 11.3. The fraction of sp³-hybridized carbons (Fsp3) is 0.107. The third-order valence-electron chi connectivity index (χ3n) is 13.5. The average molecular weight is 744 g/mol. The molecule has 7 aromatic carbocycles. The molecule has 0 fully saturated rings. The summed E-state index contributed by atoms with van der Waals surface area (Å²) in [6, 6.07) is 63.6. The third kappa shape index (κ3) is 4.49. The number of anilines is 2. The van der Waals surface area contributed by atoms with Crippen LogP contribution < -0.4 is 4.90 Å². The second-order valence-corrected chi connectivity index (χ2v) is 16.2. The molecule has 276 valence electrons. The summed E-state index contributed by atoms with van der Waals surface area (Å²) in [6.07, 6.45) is 16.7. The average Bonchev–Trinajstić information content (AvgIpc) is 3.83. The SMILES string of the molecule is C1=CCCC(N(c2ccc(C3(c4ccccc4)c4ccccc4C4(c5ccccc5)c5c(cccc53)C3=CC=CCC34)cc2)c2ccc3c(c2)oc2ccccc23)=C1. The predicted molar refractivity (Wildman–Crippen MR) is 239 cm³/mol. The lowest BCUT2D eigenvalue weighted by atomic mass is 9.50. The molecule has 3 unspecified atom stereocenters. The number of allylic oxidation sites excluding steroid dienone is 8. The molecule has 0 spiro atoms. The zero-order valence-corrected chi connectivity index (χ0v) is 32.2. The van der Waals surface area contributed by atoms with Crippen molar-refractivity contribution in [2.45, 2.75) is 30.1 Å². The highest BCUT2D eigenvalue weighted by Crippen LogP contribution is 2.67. The van der Waals surface area contributed by atoms with Gasteiger partial charge >= 0.3 is 0 Å². The fourth-order valence-electron chi connectivity index (χ4n) is 11.3. The van der Waals surface area contributed by atoms with Crippen LogP contribution >= 0.6 is 0 Å². The minimum atomic E-state index is -0.563. The van der Waals surface area contributed by atoms with E-state index >= 15 is 0 Å². The molecule has 0 bridgehead atoms. The Morgan fingerprint density at radius 3 is 2.00 bits per heavy atom. The first-order valence-electron chi connectivity index (χ1n) is 20.7. The first kappa shape index (κ1) is 33.3. The Hall–Kier alpha value is -6.90. The number of benzene rings is 7. The molecule has 4 aliphatic rings. The van der Waals surface area contributed by atoms with E-state index in [1.54, 1.807) is 0 Å². The Morgan fingerprint density at radius 2 is 1.19 bits per heavy atom. The highest BCUT2D eigenvalue weighted by molar-refractivity contribution is 6.06. The maximum Gasteiger partial charge on any atom is 0.137 e. The first-order valence-corrected chi connectivity index (χ1v) is 20.7. The lowest BCUT2D eigenvalue weighted by Gasteiger charge is -2.51. The van der Waals surface area contributed by atoms with Crippen molar-refractivity contribution >= 4 is 38.9 Å². The van der Waals surface area contributed by atoms with Gasteiger partial charge in [-0.3, -0.25) is 0 Å². The van der Waals surface area contributed by atoms with Crippen molar-refractivity contribution in [3.8, 4) is 0 Å². The molecule has 8 aromatic rings. The van der Waals surface area contributed by atoms with Crippen molar-refractivity contribution < 1.29 is 4.42 Å². The van der Waals surface area contributed by atoms with Crippen molar-refractivity contribution in [1.29, 1.82) is 0 Å². The largest absolute Gasteiger partial charge is 0.456 e. The molecule has 0 N–H and O–H groups in total. The van der Waals surface area contributed by atoms with Crippen LogP contribution in [0.25, 0.3) is 27.5 Å². The predicted octanol–water partition coefficient (Wildman–Crippen LogP) is 14.0. The van der Waals surface area contributed by atoms with Crippen LogP contribution in [-0.4, -0.2) is 0 Å². The van der Waals surface area contributed by atoms with E-state index in [-0.39, 0.29) is 5.41 Å². The maximum absolute atomic E-state index is 6.42. The van der Waals surface area contributed by atoms with Crippen molar-refractivity contribution in [2.75, 3.05) is 4.90 Å². The molecule has 2 nitrogen and oxygen atoms in total. The van der Waals surface area contributed by atoms with Crippen LogP contribution in [0, 0.1) is 5.92 Å². The standard InChI is InChI=1S/C56H41NO/c1-4-17-38(18-5-1)55(40-31-33-42(34-32-40)57(41-21-8-3-9-22-41)43-35-36-46-45-24-11-15-30-52(45)58-53(46)37-43)49-27-13-14-28-50(49)56(39-19-6-2-7-20-39)48-26-12-10-23-44(48)47-25-16-29-51(55)54(47)56/h1-8,10-21,23-25,27-37,48H,9,22,26H2. The quantitative estimate of drug-likeness (QED) is 0.169. The van der Waals surface area contributed by atoms with Gasteiger partial charge in [0, 0.05) is 39.8 Å². The first-order chi connectivity index (χ1) is 28.8. The van der Waals surface area contributed by atoms with Gasteiger partial charge in [0.25, 0.3) is 0 Å². The highest BCUT2D eigenvalue weighted by atomic mass is 16.3. The van der Waals surface area contributed by atoms with Crippen molar-refractivity contribution in [2.24, 2.45) is 5.92 Å². The Morgan fingerprint density at radius 1 is 0.517 bits per heavy atom. The van der Waals surface area contributed by atoms with Crippen molar-refractivity contribution in [3.05, 3.63) is 257 Å². The number of fused-ring (bicyclic) bond motifs is 8. The number of rotatable bonds is 6. The number of hydrogen-bond donors (Lipinski definition) is 0. The molecule has 3 atom stereocenters. The number of nitrogens with zero attached hydrogens (tertiary/aromatic N) is 1. The summed E-state index contributed by atoms with van der Waals surface area (Å²) in [7, 11) is 0. The van der Waals surface area contributed by atoms with Gasteiger partial charge in [-0.25, -0.2) is 0 Å². The van der Waals surface area contributed by atoms with E-state index in [0.29, 0.717) is 5.92 Å². The molecule has 1 heterocycles. The van der Waals surface area contributed by atoms with E-state index in [1.807, 2.05) is 6.07 Å². The molecule has 58 heavy (non-hydrogen) atoms. The van der Waals surface area contributed by atoms with E-state index in [0.717, 1.165) is 52.6 Å². The van der Waals surface area contributed by atoms with E-state index in [1.165, 1.54) is 55.8 Å². The summed E-state index contributed by atoms with van der Waals surface area (Å²) in [6.45, 7) is 0. The lowest BCUT2D eigenvalue weighted by molar-refractivity contribution is 0.454. The van der Waals surface area contributed by atoms with E-state index in [2.05, 4.69) is 205 Å². The van der Waals surface area contributed by atoms with Crippen molar-refractivity contribution in [1.82, 2.24) is 0 Å². The summed E-state index contributed by atoms with van der Waals surface area (Å²) in [5, 5.41) is 2.29. The van der Waals surface area contributed by atoms with Crippen LogP contribution in [0.15, 0.2) is 216 Å². The summed E-state index contributed by atoms with van der Waals surface area (Å²) < 4.78 is 6.42. The number of para-hydroxylation sites is 1. The Labute approximate surface area is 339 Å². The van der Waals surface area contributed by atoms with Crippen molar-refractivity contribution in [3.63, 3.8) is 0 Å². The number of furan rings is 1. The Bertz CT molecular complexity index is 3040. The van der Waals surface area contributed by atoms with Gasteiger partial charge in [0.1, 0.15) is 11.2 Å². The van der Waals surface area contributed by atoms with Crippen LogP contribution in [0.2, 0.25) is 0 Å². The lowest BCUT2D eigenvalue weighted by Crippen LogP contribution is -2.46. The molecule has 0 aliphatic heterocycles. The molecule has 1 aromatic heterocycles. The molecular weight excluding hydrogens is 703 g/mol. The second-order valence-electron chi connectivity index (χ2n) is 16.2. The normalized spacial score (nSPS) is 21.3. The second kappa shape index (κ2) is 12.8. The topological polar surface area (TPSA) is 16.4 Å². The monoisotopic (exact) mass is 743 g/mol. The molecule has 2 heteroatoms. The van der Waals surface area contributed by atoms with E-state index in [9.17, 15) is 0 Å². The van der Waals surface area contributed by atoms with E-state index < -0.39 is 5.41 Å². The minimum absolute atomic E-state index is 0.295. The van der Waals surface area contributed by atoms with Gasteiger partial charge in [-0.05, 0) is 106 Å². The Balaban J connectivity index is 1.11. The highest BCUT2D eigenvalue weighted by Gasteiger charge is 2.60. The molecule has 0 saturated heterocycles. The molecular formula is C56H41NO. The Kier molecular flexibility index (Phi) is 7.35. The molecule has 12 rings (SSSR count). The summed E-state index contributed by atoms with van der Waals surface area (Å²) in [5.41, 5.74) is 16.7. The van der Waals surface area contributed by atoms with Gasteiger partial charge in [0.15, 0.2) is 0 Å². The third-order valence-corrected chi connectivity index (χ3v) is 13.5. The van der Waals surface area contributed by atoms with Gasteiger partial charge in [0.05, 0.1) is 10.8 Å². The van der Waals surface area contributed by atoms with Gasteiger partial charge in [-0.2, -0.15) is 0 Å². The zero-order valence-electron chi connectivity index (χ0n) is 32.2. The molecule has 0 radical (unpaired) electrons. The molecule has 0 saturated carbocycles. The van der Waals surface area contributed by atoms with Crippen LogP contribution in [0.5, 0.6) is 0 Å². The van der Waals surface area contributed by atoms with Crippen LogP contribution in [0.4, 0.5) is 11.4 Å². The zero-order chi connectivity index (χ0) is 38.3. The van der Waals surface area contributed by atoms with Crippen LogP contribution in [0.3, 0.4) is 0 Å². The van der Waals surface area contributed by atoms with Gasteiger partial charge in [0.2, 0.25) is 0 Å². The van der Waals surface area contributed by atoms with Crippen LogP contribution in [0.1, 0.15) is 63.8 Å². The molecule has 4 aliphatic carbocycles. The minimum Gasteiger partial charge on any atom is -0.456 e. The molecule has 0 amide bonds. The number of hydrogen-bond acceptors (Lipinski definition) is 2. The summed E-state index contributed by atoms with van der Waals surface area (Å²) >= 11 is 0. The van der Waals surface area contributed by atoms with Crippen LogP contribution in [-0.2, 0) is 10.8 Å². The summed E-state index contributed by atoms with van der Waals surface area (Å²) in [5.74, 6) is 0.295. The smallest absolute Gasteiger partial charge is 0.137 e. The van der Waals surface area contributed by atoms with Gasteiger partial charge in [-0.1, -0.05) is 164 Å². The van der Waals surface area contributed by atoms with E-state index in [4.69, 9.17) is 4.42 Å². The van der Waals surface area contributed by atoms with Gasteiger partial charge in [-0.15, -0.1) is 0 Å².